The third-order valence-corrected chi connectivity index (χ3v) is 3.39. The lowest BCUT2D eigenvalue weighted by molar-refractivity contribution is 0.0498. The smallest absolute Gasteiger partial charge is 0.338 e. The highest BCUT2D eigenvalue weighted by Gasteiger charge is 2.07. The highest BCUT2D eigenvalue weighted by atomic mass is 79.9. The van der Waals surface area contributed by atoms with E-state index >= 15 is 0 Å². The number of carbonyl (C=O) groups excluding carboxylic acids is 1. The minimum Gasteiger partial charge on any atom is -0.462 e. The molecule has 0 saturated heterocycles. The fraction of sp³-hybridized carbons (Fsp3) is 0.429. The second-order valence-corrected chi connectivity index (χ2v) is 5.23. The first-order valence-electron chi connectivity index (χ1n) is 5.97. The first-order chi connectivity index (χ1) is 8.74. The molecule has 4 heteroatoms. The number of nitriles is 1. The van der Waals surface area contributed by atoms with Crippen LogP contribution in [0.5, 0.6) is 0 Å². The Morgan fingerprint density at radius 3 is 2.72 bits per heavy atom. The molecular formula is C14H16BrNO2. The Kier molecular flexibility index (Phi) is 7.12. The summed E-state index contributed by atoms with van der Waals surface area (Å²) in [5.41, 5.74) is 0.581. The van der Waals surface area contributed by atoms with Crippen LogP contribution in [0.3, 0.4) is 0 Å². The Bertz CT molecular complexity index is 400. The Morgan fingerprint density at radius 1 is 1.33 bits per heavy atom. The number of rotatable bonds is 7. The van der Waals surface area contributed by atoms with Gasteiger partial charge in [0, 0.05) is 11.2 Å². The second kappa shape index (κ2) is 8.71. The first kappa shape index (κ1) is 14.7. The third-order valence-electron chi connectivity index (χ3n) is 2.47. The summed E-state index contributed by atoms with van der Waals surface area (Å²) in [4.78, 5) is 11.9. The Balaban J connectivity index is 2.15. The monoisotopic (exact) mass is 309 g/mol. The van der Waals surface area contributed by atoms with Gasteiger partial charge in [-0.1, -0.05) is 34.1 Å². The van der Waals surface area contributed by atoms with Gasteiger partial charge in [-0.2, -0.15) is 5.26 Å². The van der Waals surface area contributed by atoms with Gasteiger partial charge in [0.2, 0.25) is 0 Å². The third kappa shape index (κ3) is 5.83. The summed E-state index contributed by atoms with van der Waals surface area (Å²) in [5.74, 6) is -0.279. The van der Waals surface area contributed by atoms with Gasteiger partial charge >= 0.3 is 5.97 Å². The number of nitrogens with zero attached hydrogens (tertiary/aromatic N) is 1. The maximum atomic E-state index is 11.6. The maximum Gasteiger partial charge on any atom is 0.338 e. The van der Waals surface area contributed by atoms with Crippen LogP contribution in [0.15, 0.2) is 30.3 Å². The number of ether oxygens (including phenoxy) is 1. The lowest BCUT2D eigenvalue weighted by atomic mass is 10.1. The number of benzene rings is 1. The molecule has 0 bridgehead atoms. The fourth-order valence-corrected chi connectivity index (χ4v) is 2.05. The van der Waals surface area contributed by atoms with Gasteiger partial charge in [0.05, 0.1) is 18.2 Å². The van der Waals surface area contributed by atoms with Crippen molar-refractivity contribution in [2.75, 3.05) is 6.61 Å². The van der Waals surface area contributed by atoms with E-state index in [1.807, 2.05) is 18.2 Å². The first-order valence-corrected chi connectivity index (χ1v) is 6.89. The van der Waals surface area contributed by atoms with Crippen molar-refractivity contribution in [2.24, 2.45) is 0 Å². The van der Waals surface area contributed by atoms with Crippen LogP contribution in [0, 0.1) is 11.3 Å². The van der Waals surface area contributed by atoms with Crippen molar-refractivity contribution < 1.29 is 9.53 Å². The van der Waals surface area contributed by atoms with Crippen LogP contribution in [-0.2, 0) is 4.74 Å². The van der Waals surface area contributed by atoms with Crippen LogP contribution in [0.25, 0.3) is 0 Å². The summed E-state index contributed by atoms with van der Waals surface area (Å²) in [6, 6.07) is 11.1. The lowest BCUT2D eigenvalue weighted by Gasteiger charge is -2.08. The Labute approximate surface area is 116 Å². The van der Waals surface area contributed by atoms with Crippen LogP contribution < -0.4 is 0 Å². The predicted molar refractivity (Wildman–Crippen MR) is 73.5 cm³/mol. The quantitative estimate of drug-likeness (QED) is 0.438. The molecule has 0 saturated carbocycles. The minimum atomic E-state index is -0.279. The summed E-state index contributed by atoms with van der Waals surface area (Å²) >= 11 is 3.50. The van der Waals surface area contributed by atoms with Gasteiger partial charge in [-0.05, 0) is 31.4 Å². The van der Waals surface area contributed by atoms with Crippen LogP contribution in [0.4, 0.5) is 0 Å². The van der Waals surface area contributed by atoms with E-state index in [0.717, 1.165) is 19.3 Å². The molecule has 0 fully saturated rings. The van der Waals surface area contributed by atoms with Crippen LogP contribution >= 0.6 is 15.9 Å². The molecule has 0 radical (unpaired) electrons. The number of halogens is 1. The van der Waals surface area contributed by atoms with Crippen LogP contribution in [-0.4, -0.2) is 17.4 Å². The number of hydrogen-bond donors (Lipinski definition) is 0. The van der Waals surface area contributed by atoms with E-state index < -0.39 is 0 Å². The van der Waals surface area contributed by atoms with Crippen LogP contribution in [0.1, 0.15) is 36.0 Å². The molecule has 1 aromatic carbocycles. The van der Waals surface area contributed by atoms with E-state index in [1.165, 1.54) is 0 Å². The van der Waals surface area contributed by atoms with Crippen molar-refractivity contribution in [3.05, 3.63) is 35.9 Å². The van der Waals surface area contributed by atoms with Crippen molar-refractivity contribution >= 4 is 21.9 Å². The molecule has 3 nitrogen and oxygen atoms in total. The van der Waals surface area contributed by atoms with Gasteiger partial charge in [-0.15, -0.1) is 0 Å². The second-order valence-electron chi connectivity index (χ2n) is 3.94. The van der Waals surface area contributed by atoms with E-state index in [2.05, 4.69) is 22.0 Å². The molecule has 0 aliphatic heterocycles. The predicted octanol–water partition coefficient (Wildman–Crippen LogP) is 3.69. The van der Waals surface area contributed by atoms with Crippen molar-refractivity contribution in [3.8, 4) is 6.07 Å². The number of hydrogen-bond acceptors (Lipinski definition) is 3. The van der Waals surface area contributed by atoms with Gasteiger partial charge in [-0.3, -0.25) is 0 Å². The fourth-order valence-electron chi connectivity index (χ4n) is 1.49. The molecule has 0 amide bonds. The van der Waals surface area contributed by atoms with Gasteiger partial charge < -0.3 is 4.74 Å². The molecule has 0 aliphatic carbocycles. The van der Waals surface area contributed by atoms with E-state index in [9.17, 15) is 4.79 Å². The number of carbonyl (C=O) groups is 1. The molecule has 0 aliphatic rings. The SMILES string of the molecule is N#CCCC(Br)CCCOC(=O)c1ccccc1. The molecule has 0 N–H and O–H groups in total. The lowest BCUT2D eigenvalue weighted by Crippen LogP contribution is -2.08. The zero-order chi connectivity index (χ0) is 13.2. The van der Waals surface area contributed by atoms with Gasteiger partial charge in [0.15, 0.2) is 0 Å². The summed E-state index contributed by atoms with van der Waals surface area (Å²) in [6.45, 7) is 0.419. The summed E-state index contributed by atoms with van der Waals surface area (Å²) in [7, 11) is 0. The summed E-state index contributed by atoms with van der Waals surface area (Å²) in [5, 5.41) is 8.45. The average molecular weight is 310 g/mol. The Hall–Kier alpha value is -1.34. The van der Waals surface area contributed by atoms with Gasteiger partial charge in [-0.25, -0.2) is 4.79 Å². The van der Waals surface area contributed by atoms with Gasteiger partial charge in [0.25, 0.3) is 0 Å². The number of esters is 1. The molecule has 1 rings (SSSR count). The van der Waals surface area contributed by atoms with E-state index in [0.29, 0.717) is 23.4 Å². The molecule has 96 valence electrons. The molecule has 18 heavy (non-hydrogen) atoms. The van der Waals surface area contributed by atoms with E-state index in [4.69, 9.17) is 10.00 Å². The molecule has 0 spiro atoms. The Morgan fingerprint density at radius 2 is 2.06 bits per heavy atom. The van der Waals surface area contributed by atoms with E-state index in [1.54, 1.807) is 12.1 Å². The molecule has 0 heterocycles. The molecule has 1 unspecified atom stereocenters. The molecular weight excluding hydrogens is 294 g/mol. The average Bonchev–Trinajstić information content (AvgIpc) is 2.42. The topological polar surface area (TPSA) is 50.1 Å². The zero-order valence-electron chi connectivity index (χ0n) is 10.1. The normalized spacial score (nSPS) is 11.6. The zero-order valence-corrected chi connectivity index (χ0v) is 11.7. The van der Waals surface area contributed by atoms with Crippen LogP contribution in [0.2, 0.25) is 0 Å². The van der Waals surface area contributed by atoms with E-state index in [-0.39, 0.29) is 5.97 Å². The van der Waals surface area contributed by atoms with Crippen molar-refractivity contribution in [1.82, 2.24) is 0 Å². The van der Waals surface area contributed by atoms with Crippen molar-refractivity contribution in [3.63, 3.8) is 0 Å². The highest BCUT2D eigenvalue weighted by Crippen LogP contribution is 2.14. The summed E-state index contributed by atoms with van der Waals surface area (Å²) in [6.07, 6.45) is 3.10. The summed E-state index contributed by atoms with van der Waals surface area (Å²) < 4.78 is 5.16. The van der Waals surface area contributed by atoms with Crippen molar-refractivity contribution in [1.29, 1.82) is 5.26 Å². The molecule has 1 aromatic rings. The van der Waals surface area contributed by atoms with Crippen molar-refractivity contribution in [2.45, 2.75) is 30.5 Å². The molecule has 0 aromatic heterocycles. The molecule has 1 atom stereocenters. The minimum absolute atomic E-state index is 0.279. The number of alkyl halides is 1. The standard InChI is InChI=1S/C14H16BrNO2/c15-13(8-4-10-16)9-5-11-18-14(17)12-6-2-1-3-7-12/h1-3,6-7,13H,4-5,8-9,11H2. The highest BCUT2D eigenvalue weighted by molar-refractivity contribution is 9.09. The maximum absolute atomic E-state index is 11.6. The van der Waals surface area contributed by atoms with Gasteiger partial charge in [0.1, 0.15) is 0 Å². The largest absolute Gasteiger partial charge is 0.462 e.